The lowest BCUT2D eigenvalue weighted by Gasteiger charge is -2.09. The minimum absolute atomic E-state index is 0.232. The summed E-state index contributed by atoms with van der Waals surface area (Å²) in [5.74, 6) is 0.342. The summed E-state index contributed by atoms with van der Waals surface area (Å²) in [5.41, 5.74) is 2.08. The number of benzene rings is 2. The first-order valence-electron chi connectivity index (χ1n) is 6.92. The number of carbonyl (C=O) groups is 1. The molecule has 0 aliphatic rings. The molecule has 0 fully saturated rings. The van der Waals surface area contributed by atoms with Crippen LogP contribution < -0.4 is 5.32 Å². The molecule has 3 aromatic rings. The van der Waals surface area contributed by atoms with E-state index in [1.54, 1.807) is 47.1 Å². The summed E-state index contributed by atoms with van der Waals surface area (Å²) >= 11 is 11.9. The van der Waals surface area contributed by atoms with Crippen LogP contribution in [0.1, 0.15) is 16.1 Å². The Labute approximate surface area is 143 Å². The maximum atomic E-state index is 12.4. The second kappa shape index (κ2) is 6.44. The Morgan fingerprint density at radius 2 is 1.78 bits per heavy atom. The molecule has 0 aliphatic heterocycles. The van der Waals surface area contributed by atoms with Gasteiger partial charge in [-0.1, -0.05) is 29.3 Å². The van der Waals surface area contributed by atoms with E-state index in [0.717, 1.165) is 11.4 Å². The highest BCUT2D eigenvalue weighted by Crippen LogP contribution is 2.21. The Morgan fingerprint density at radius 3 is 2.48 bits per heavy atom. The molecule has 0 atom stereocenters. The molecular weight excluding hydrogens is 333 g/mol. The summed E-state index contributed by atoms with van der Waals surface area (Å²) < 4.78 is 1.65. The predicted molar refractivity (Wildman–Crippen MR) is 92.7 cm³/mol. The predicted octanol–water partition coefficient (Wildman–Crippen LogP) is 4.74. The van der Waals surface area contributed by atoms with Gasteiger partial charge < -0.3 is 5.32 Å². The van der Waals surface area contributed by atoms with Crippen molar-refractivity contribution >= 4 is 34.9 Å². The number of carbonyl (C=O) groups excluding carboxylic acids is 1. The molecule has 1 N–H and O–H groups in total. The van der Waals surface area contributed by atoms with E-state index >= 15 is 0 Å². The van der Waals surface area contributed by atoms with Crippen LogP contribution in [0.3, 0.4) is 0 Å². The van der Waals surface area contributed by atoms with Crippen LogP contribution in [0.5, 0.6) is 0 Å². The molecule has 23 heavy (non-hydrogen) atoms. The van der Waals surface area contributed by atoms with Gasteiger partial charge >= 0.3 is 0 Å². The van der Waals surface area contributed by atoms with Gasteiger partial charge in [0.2, 0.25) is 0 Å². The lowest BCUT2D eigenvalue weighted by atomic mass is 10.2. The fraction of sp³-hybridized carbons (Fsp3) is 0.0588. The third-order valence-electron chi connectivity index (χ3n) is 3.23. The van der Waals surface area contributed by atoms with E-state index in [1.807, 2.05) is 19.1 Å². The first kappa shape index (κ1) is 15.6. The molecule has 0 saturated heterocycles. The fourth-order valence-electron chi connectivity index (χ4n) is 2.18. The third-order valence-corrected chi connectivity index (χ3v) is 3.72. The van der Waals surface area contributed by atoms with Gasteiger partial charge in [-0.05, 0) is 49.4 Å². The normalized spacial score (nSPS) is 10.6. The van der Waals surface area contributed by atoms with E-state index in [1.165, 1.54) is 0 Å². The number of hydrogen-bond acceptors (Lipinski definition) is 2. The van der Waals surface area contributed by atoms with Crippen LogP contribution in [0.15, 0.2) is 54.6 Å². The van der Waals surface area contributed by atoms with E-state index in [2.05, 4.69) is 10.4 Å². The molecule has 1 heterocycles. The third kappa shape index (κ3) is 3.55. The fourth-order valence-corrected chi connectivity index (χ4v) is 2.49. The quantitative estimate of drug-likeness (QED) is 0.745. The average Bonchev–Trinajstić information content (AvgIpc) is 2.88. The highest BCUT2D eigenvalue weighted by molar-refractivity contribution is 6.31. The van der Waals surface area contributed by atoms with Gasteiger partial charge in [0.25, 0.3) is 5.91 Å². The van der Waals surface area contributed by atoms with Crippen molar-refractivity contribution in [2.24, 2.45) is 0 Å². The van der Waals surface area contributed by atoms with E-state index in [4.69, 9.17) is 23.2 Å². The van der Waals surface area contributed by atoms with Gasteiger partial charge in [-0.15, -0.1) is 0 Å². The van der Waals surface area contributed by atoms with E-state index in [-0.39, 0.29) is 5.91 Å². The zero-order valence-electron chi connectivity index (χ0n) is 12.3. The Bertz CT molecular complexity index is 857. The Kier molecular flexibility index (Phi) is 4.37. The number of aryl methyl sites for hydroxylation is 1. The van der Waals surface area contributed by atoms with Crippen LogP contribution in [0.2, 0.25) is 10.0 Å². The van der Waals surface area contributed by atoms with Crippen LogP contribution in [0.4, 0.5) is 5.82 Å². The van der Waals surface area contributed by atoms with Crippen molar-refractivity contribution in [3.8, 4) is 5.69 Å². The number of halogens is 2. The van der Waals surface area contributed by atoms with Crippen molar-refractivity contribution in [1.29, 1.82) is 0 Å². The van der Waals surface area contributed by atoms with Crippen LogP contribution in [-0.2, 0) is 0 Å². The molecule has 116 valence electrons. The molecule has 4 nitrogen and oxygen atoms in total. The summed E-state index contributed by atoms with van der Waals surface area (Å²) in [7, 11) is 0. The molecule has 0 spiro atoms. The molecular formula is C17H13Cl2N3O. The number of nitrogens with one attached hydrogen (secondary N) is 1. The summed E-state index contributed by atoms with van der Waals surface area (Å²) in [6.45, 7) is 1.86. The zero-order valence-corrected chi connectivity index (χ0v) is 13.8. The van der Waals surface area contributed by atoms with Gasteiger partial charge in [0.05, 0.1) is 11.4 Å². The van der Waals surface area contributed by atoms with E-state index in [0.29, 0.717) is 21.4 Å². The monoisotopic (exact) mass is 345 g/mol. The Balaban J connectivity index is 1.91. The molecule has 6 heteroatoms. The van der Waals surface area contributed by atoms with Crippen molar-refractivity contribution in [3.05, 3.63) is 75.9 Å². The standard InChI is InChI=1S/C17H13Cl2N3O/c1-11-9-16(20-17(23)12-5-7-13(18)8-6-12)22(21-11)15-4-2-3-14(19)10-15/h2-10H,1H3,(H,20,23). The van der Waals surface area contributed by atoms with Crippen molar-refractivity contribution < 1.29 is 4.79 Å². The Morgan fingerprint density at radius 1 is 1.04 bits per heavy atom. The minimum Gasteiger partial charge on any atom is -0.306 e. The molecule has 0 radical (unpaired) electrons. The first-order valence-corrected chi connectivity index (χ1v) is 7.68. The molecule has 0 bridgehead atoms. The van der Waals surface area contributed by atoms with Gasteiger partial charge in [-0.3, -0.25) is 4.79 Å². The summed E-state index contributed by atoms with van der Waals surface area (Å²) in [6.07, 6.45) is 0. The number of amides is 1. The van der Waals surface area contributed by atoms with Gasteiger partial charge in [0.1, 0.15) is 5.82 Å². The molecule has 1 aromatic heterocycles. The van der Waals surface area contributed by atoms with Crippen molar-refractivity contribution in [3.63, 3.8) is 0 Å². The van der Waals surface area contributed by atoms with Crippen LogP contribution >= 0.6 is 23.2 Å². The molecule has 3 rings (SSSR count). The van der Waals surface area contributed by atoms with Crippen LogP contribution in [-0.4, -0.2) is 15.7 Å². The summed E-state index contributed by atoms with van der Waals surface area (Å²) in [6, 6.07) is 15.8. The van der Waals surface area contributed by atoms with Crippen LogP contribution in [0, 0.1) is 6.92 Å². The second-order valence-electron chi connectivity index (χ2n) is 5.02. The molecule has 2 aromatic carbocycles. The zero-order chi connectivity index (χ0) is 16.4. The molecule has 0 unspecified atom stereocenters. The SMILES string of the molecule is Cc1cc(NC(=O)c2ccc(Cl)cc2)n(-c2cccc(Cl)c2)n1. The van der Waals surface area contributed by atoms with Crippen molar-refractivity contribution in [1.82, 2.24) is 9.78 Å². The maximum Gasteiger partial charge on any atom is 0.256 e. The molecule has 0 saturated carbocycles. The van der Waals surface area contributed by atoms with Gasteiger partial charge in [-0.25, -0.2) is 4.68 Å². The van der Waals surface area contributed by atoms with Gasteiger partial charge in [0.15, 0.2) is 0 Å². The minimum atomic E-state index is -0.232. The Hall–Kier alpha value is -2.30. The van der Waals surface area contributed by atoms with Gasteiger partial charge in [-0.2, -0.15) is 5.10 Å². The summed E-state index contributed by atoms with van der Waals surface area (Å²) in [4.78, 5) is 12.4. The first-order chi connectivity index (χ1) is 11.0. The van der Waals surface area contributed by atoms with Crippen molar-refractivity contribution in [2.45, 2.75) is 6.92 Å². The summed E-state index contributed by atoms with van der Waals surface area (Å²) in [5, 5.41) is 8.45. The smallest absolute Gasteiger partial charge is 0.256 e. The van der Waals surface area contributed by atoms with Crippen LogP contribution in [0.25, 0.3) is 5.69 Å². The van der Waals surface area contributed by atoms with E-state index in [9.17, 15) is 4.79 Å². The topological polar surface area (TPSA) is 46.9 Å². The van der Waals surface area contributed by atoms with Gasteiger partial charge in [0, 0.05) is 21.7 Å². The number of anilines is 1. The number of rotatable bonds is 3. The maximum absolute atomic E-state index is 12.4. The highest BCUT2D eigenvalue weighted by atomic mass is 35.5. The second-order valence-corrected chi connectivity index (χ2v) is 5.90. The van der Waals surface area contributed by atoms with Crippen molar-refractivity contribution in [2.75, 3.05) is 5.32 Å². The lowest BCUT2D eigenvalue weighted by molar-refractivity contribution is 0.102. The molecule has 1 amide bonds. The van der Waals surface area contributed by atoms with E-state index < -0.39 is 0 Å². The average molecular weight is 346 g/mol. The number of hydrogen-bond donors (Lipinski definition) is 1. The largest absolute Gasteiger partial charge is 0.306 e. The number of nitrogens with zero attached hydrogens (tertiary/aromatic N) is 2. The lowest BCUT2D eigenvalue weighted by Crippen LogP contribution is -2.15. The highest BCUT2D eigenvalue weighted by Gasteiger charge is 2.12. The molecule has 0 aliphatic carbocycles. The number of aromatic nitrogens is 2.